The summed E-state index contributed by atoms with van der Waals surface area (Å²) in [4.78, 5) is 10.3. The lowest BCUT2D eigenvalue weighted by Gasteiger charge is -2.24. The van der Waals surface area contributed by atoms with E-state index in [1.165, 1.54) is 0 Å². The highest BCUT2D eigenvalue weighted by molar-refractivity contribution is 6.32. The maximum absolute atomic E-state index is 6.20. The van der Waals surface area contributed by atoms with Crippen molar-refractivity contribution in [3.05, 3.63) is 58.5 Å². The number of nitrogens with zero attached hydrogens (tertiary/aromatic N) is 3. The Kier molecular flexibility index (Phi) is 4.63. The van der Waals surface area contributed by atoms with Crippen molar-refractivity contribution >= 4 is 34.7 Å². The average Bonchev–Trinajstić information content (AvgIpc) is 2.40. The van der Waals surface area contributed by atoms with Gasteiger partial charge in [0.2, 0.25) is 0 Å². The third-order valence-corrected chi connectivity index (χ3v) is 3.46. The fraction of sp³-hybridized carbons (Fsp3) is 0.200. The van der Waals surface area contributed by atoms with Gasteiger partial charge in [-0.15, -0.1) is 0 Å². The van der Waals surface area contributed by atoms with Gasteiger partial charge in [0.15, 0.2) is 11.0 Å². The van der Waals surface area contributed by atoms with Crippen LogP contribution in [0, 0.1) is 6.92 Å². The van der Waals surface area contributed by atoms with E-state index in [4.69, 9.17) is 23.2 Å². The minimum Gasteiger partial charge on any atom is -0.320 e. The number of aromatic nitrogens is 2. The van der Waals surface area contributed by atoms with Gasteiger partial charge in [-0.3, -0.25) is 0 Å². The average molecular weight is 308 g/mol. The van der Waals surface area contributed by atoms with Crippen molar-refractivity contribution in [3.8, 4) is 0 Å². The van der Waals surface area contributed by atoms with E-state index >= 15 is 0 Å². The lowest BCUT2D eigenvalue weighted by atomic mass is 10.2. The molecule has 0 bridgehead atoms. The molecule has 2 aromatic rings. The molecule has 0 radical (unpaired) electrons. The summed E-state index contributed by atoms with van der Waals surface area (Å²) >= 11 is 12.3. The van der Waals surface area contributed by atoms with Crippen LogP contribution in [0.4, 0.5) is 11.5 Å². The molecule has 1 aromatic carbocycles. The van der Waals surface area contributed by atoms with Crippen LogP contribution in [0.3, 0.4) is 0 Å². The standard InChI is InChI=1S/C15H15Cl2N3/c1-10(2)9-20(15-14(17)18-6-7-19-15)12-5-4-11(3)13(16)8-12/h4-8H,1,9H2,2-3H3. The maximum atomic E-state index is 6.20. The maximum Gasteiger partial charge on any atom is 0.172 e. The topological polar surface area (TPSA) is 29.0 Å². The van der Waals surface area contributed by atoms with Crippen LogP contribution in [-0.4, -0.2) is 16.5 Å². The van der Waals surface area contributed by atoms with E-state index < -0.39 is 0 Å². The SMILES string of the molecule is C=C(C)CN(c1ccc(C)c(Cl)c1)c1nccnc1Cl. The van der Waals surface area contributed by atoms with Gasteiger partial charge in [-0.1, -0.05) is 41.4 Å². The molecule has 3 nitrogen and oxygen atoms in total. The fourth-order valence-electron chi connectivity index (χ4n) is 1.80. The van der Waals surface area contributed by atoms with Gasteiger partial charge in [0.05, 0.1) is 0 Å². The van der Waals surface area contributed by atoms with Gasteiger partial charge in [-0.25, -0.2) is 9.97 Å². The molecular formula is C15H15Cl2N3. The number of hydrogen-bond acceptors (Lipinski definition) is 3. The largest absolute Gasteiger partial charge is 0.320 e. The molecule has 20 heavy (non-hydrogen) atoms. The van der Waals surface area contributed by atoms with Gasteiger partial charge in [0, 0.05) is 29.6 Å². The van der Waals surface area contributed by atoms with Crippen LogP contribution in [0.2, 0.25) is 10.2 Å². The molecular weight excluding hydrogens is 293 g/mol. The number of anilines is 2. The van der Waals surface area contributed by atoms with Crippen LogP contribution in [0.5, 0.6) is 0 Å². The number of halogens is 2. The number of hydrogen-bond donors (Lipinski definition) is 0. The summed E-state index contributed by atoms with van der Waals surface area (Å²) in [6, 6.07) is 5.84. The van der Waals surface area contributed by atoms with Gasteiger partial charge in [-0.2, -0.15) is 0 Å². The van der Waals surface area contributed by atoms with Crippen molar-refractivity contribution in [2.75, 3.05) is 11.4 Å². The first-order chi connectivity index (χ1) is 9.49. The highest BCUT2D eigenvalue weighted by Crippen LogP contribution is 2.31. The third kappa shape index (κ3) is 3.30. The van der Waals surface area contributed by atoms with Crippen molar-refractivity contribution in [2.24, 2.45) is 0 Å². The Morgan fingerprint density at radius 3 is 2.55 bits per heavy atom. The first-order valence-electron chi connectivity index (χ1n) is 6.13. The Bertz CT molecular complexity index is 641. The monoisotopic (exact) mass is 307 g/mol. The second-order valence-corrected chi connectivity index (χ2v) is 5.41. The van der Waals surface area contributed by atoms with Crippen LogP contribution >= 0.6 is 23.2 Å². The predicted molar refractivity (Wildman–Crippen MR) is 85.1 cm³/mol. The molecule has 0 saturated heterocycles. The molecule has 0 saturated carbocycles. The van der Waals surface area contributed by atoms with E-state index in [2.05, 4.69) is 16.5 Å². The zero-order valence-corrected chi connectivity index (χ0v) is 12.9. The molecule has 0 N–H and O–H groups in total. The smallest absolute Gasteiger partial charge is 0.172 e. The molecule has 0 aliphatic heterocycles. The van der Waals surface area contributed by atoms with E-state index in [1.54, 1.807) is 12.4 Å². The summed E-state index contributed by atoms with van der Waals surface area (Å²) in [6.45, 7) is 8.46. The van der Waals surface area contributed by atoms with Crippen molar-refractivity contribution in [1.29, 1.82) is 0 Å². The molecule has 0 atom stereocenters. The normalized spacial score (nSPS) is 10.4. The minimum absolute atomic E-state index is 0.352. The van der Waals surface area contributed by atoms with Gasteiger partial charge >= 0.3 is 0 Å². The Balaban J connectivity index is 2.50. The van der Waals surface area contributed by atoms with Crippen LogP contribution in [0.1, 0.15) is 12.5 Å². The lowest BCUT2D eigenvalue weighted by molar-refractivity contribution is 0.990. The van der Waals surface area contributed by atoms with Crippen molar-refractivity contribution in [2.45, 2.75) is 13.8 Å². The van der Waals surface area contributed by atoms with Crippen molar-refractivity contribution < 1.29 is 0 Å². The highest BCUT2D eigenvalue weighted by atomic mass is 35.5. The van der Waals surface area contributed by atoms with Gasteiger partial charge in [0.25, 0.3) is 0 Å². The molecule has 1 aromatic heterocycles. The van der Waals surface area contributed by atoms with Crippen LogP contribution in [0.15, 0.2) is 42.7 Å². The van der Waals surface area contributed by atoms with Gasteiger partial charge < -0.3 is 4.90 Å². The molecule has 0 unspecified atom stereocenters. The van der Waals surface area contributed by atoms with E-state index in [0.29, 0.717) is 22.5 Å². The van der Waals surface area contributed by atoms with Crippen molar-refractivity contribution in [1.82, 2.24) is 9.97 Å². The Morgan fingerprint density at radius 2 is 1.95 bits per heavy atom. The second-order valence-electron chi connectivity index (χ2n) is 4.65. The summed E-state index contributed by atoms with van der Waals surface area (Å²) in [5.41, 5.74) is 2.92. The van der Waals surface area contributed by atoms with Crippen LogP contribution in [-0.2, 0) is 0 Å². The number of aryl methyl sites for hydroxylation is 1. The molecule has 1 heterocycles. The minimum atomic E-state index is 0.352. The van der Waals surface area contributed by atoms with Crippen LogP contribution in [0.25, 0.3) is 0 Å². The summed E-state index contributed by atoms with van der Waals surface area (Å²) in [6.07, 6.45) is 3.18. The molecule has 0 spiro atoms. The Morgan fingerprint density at radius 1 is 1.25 bits per heavy atom. The molecule has 0 aliphatic carbocycles. The lowest BCUT2D eigenvalue weighted by Crippen LogP contribution is -2.21. The quantitative estimate of drug-likeness (QED) is 0.759. The van der Waals surface area contributed by atoms with E-state index in [0.717, 1.165) is 16.8 Å². The zero-order valence-electron chi connectivity index (χ0n) is 11.4. The molecule has 5 heteroatoms. The Labute approximate surface area is 128 Å². The van der Waals surface area contributed by atoms with Gasteiger partial charge in [-0.05, 0) is 31.5 Å². The highest BCUT2D eigenvalue weighted by Gasteiger charge is 2.15. The van der Waals surface area contributed by atoms with E-state index in [-0.39, 0.29) is 0 Å². The van der Waals surface area contributed by atoms with Crippen LogP contribution < -0.4 is 4.90 Å². The molecule has 2 rings (SSSR count). The zero-order chi connectivity index (χ0) is 14.7. The predicted octanol–water partition coefficient (Wildman–Crippen LogP) is 4.81. The number of benzene rings is 1. The first kappa shape index (κ1) is 14.8. The summed E-state index contributed by atoms with van der Waals surface area (Å²) in [5.74, 6) is 0.595. The Hall–Kier alpha value is -1.58. The summed E-state index contributed by atoms with van der Waals surface area (Å²) in [5, 5.41) is 1.06. The van der Waals surface area contributed by atoms with Crippen molar-refractivity contribution in [3.63, 3.8) is 0 Å². The molecule has 104 valence electrons. The summed E-state index contributed by atoms with van der Waals surface area (Å²) < 4.78 is 0. The van der Waals surface area contributed by atoms with E-state index in [1.807, 2.05) is 36.9 Å². The second kappa shape index (κ2) is 6.25. The third-order valence-electron chi connectivity index (χ3n) is 2.79. The molecule has 0 fully saturated rings. The number of rotatable bonds is 4. The fourth-order valence-corrected chi connectivity index (χ4v) is 2.18. The first-order valence-corrected chi connectivity index (χ1v) is 6.89. The summed E-state index contributed by atoms with van der Waals surface area (Å²) in [7, 11) is 0. The molecule has 0 amide bonds. The van der Waals surface area contributed by atoms with Gasteiger partial charge in [0.1, 0.15) is 0 Å². The molecule has 0 aliphatic rings. The van der Waals surface area contributed by atoms with E-state index in [9.17, 15) is 0 Å².